The zero-order valence-corrected chi connectivity index (χ0v) is 11.9. The summed E-state index contributed by atoms with van der Waals surface area (Å²) in [5.74, 6) is -0.307. The van der Waals surface area contributed by atoms with E-state index in [1.54, 1.807) is 12.1 Å². The number of aliphatic hydroxyl groups excluding tert-OH is 1. The number of halogens is 2. The number of aliphatic hydroxyl groups is 1. The van der Waals surface area contributed by atoms with Crippen LogP contribution in [-0.2, 0) is 0 Å². The van der Waals surface area contributed by atoms with Gasteiger partial charge in [-0.25, -0.2) is 4.39 Å². The molecule has 106 valence electrons. The minimum absolute atomic E-state index is 0.0267. The number of rotatable bonds is 5. The molecule has 2 aromatic rings. The topological polar surface area (TPSA) is 32.3 Å². The van der Waals surface area contributed by atoms with E-state index in [1.807, 2.05) is 31.2 Å². The molecule has 20 heavy (non-hydrogen) atoms. The molecule has 0 heterocycles. The summed E-state index contributed by atoms with van der Waals surface area (Å²) in [6, 6.07) is 13.5. The van der Waals surface area contributed by atoms with E-state index < -0.39 is 6.10 Å². The lowest BCUT2D eigenvalue weighted by Crippen LogP contribution is -2.24. The van der Waals surface area contributed by atoms with Crippen molar-refractivity contribution in [3.63, 3.8) is 0 Å². The molecule has 0 bridgehead atoms. The van der Waals surface area contributed by atoms with Gasteiger partial charge in [0.15, 0.2) is 0 Å². The van der Waals surface area contributed by atoms with Crippen molar-refractivity contribution in [2.24, 2.45) is 0 Å². The second-order valence-corrected chi connectivity index (χ2v) is 5.13. The van der Waals surface area contributed by atoms with E-state index in [0.29, 0.717) is 17.1 Å². The van der Waals surface area contributed by atoms with E-state index in [-0.39, 0.29) is 11.9 Å². The van der Waals surface area contributed by atoms with Crippen LogP contribution < -0.4 is 5.32 Å². The highest BCUT2D eigenvalue weighted by atomic mass is 35.5. The zero-order valence-electron chi connectivity index (χ0n) is 11.2. The van der Waals surface area contributed by atoms with Gasteiger partial charge < -0.3 is 10.4 Å². The molecule has 2 nitrogen and oxygen atoms in total. The quantitative estimate of drug-likeness (QED) is 0.877. The van der Waals surface area contributed by atoms with E-state index >= 15 is 0 Å². The molecule has 0 aliphatic rings. The lowest BCUT2D eigenvalue weighted by molar-refractivity contribution is 0.170. The highest BCUT2D eigenvalue weighted by Gasteiger charge is 2.12. The lowest BCUT2D eigenvalue weighted by Gasteiger charge is -2.18. The van der Waals surface area contributed by atoms with Crippen molar-refractivity contribution in [3.05, 3.63) is 70.5 Å². The monoisotopic (exact) mass is 293 g/mol. The fourth-order valence-corrected chi connectivity index (χ4v) is 2.33. The van der Waals surface area contributed by atoms with Crippen LogP contribution in [0.25, 0.3) is 0 Å². The Morgan fingerprint density at radius 3 is 2.45 bits per heavy atom. The molecule has 0 fully saturated rings. The molecule has 0 aliphatic carbocycles. The highest BCUT2D eigenvalue weighted by Crippen LogP contribution is 2.22. The molecule has 0 aliphatic heterocycles. The largest absolute Gasteiger partial charge is 0.387 e. The van der Waals surface area contributed by atoms with E-state index in [9.17, 15) is 9.50 Å². The molecule has 0 saturated carbocycles. The van der Waals surface area contributed by atoms with Crippen LogP contribution in [0.15, 0.2) is 48.5 Å². The van der Waals surface area contributed by atoms with Crippen LogP contribution in [0, 0.1) is 5.82 Å². The summed E-state index contributed by atoms with van der Waals surface area (Å²) < 4.78 is 12.8. The van der Waals surface area contributed by atoms with Crippen LogP contribution >= 0.6 is 11.6 Å². The standard InChI is InChI=1S/C16H17ClFNO/c1-11(14-4-2-3-5-15(14)17)19-10-16(20)12-6-8-13(18)9-7-12/h2-9,11,16,19-20H,10H2,1H3/t11-,16?/m0/s1. The first-order valence-electron chi connectivity index (χ1n) is 6.49. The van der Waals surface area contributed by atoms with Crippen molar-refractivity contribution in [1.29, 1.82) is 0 Å². The molecule has 0 radical (unpaired) electrons. The second-order valence-electron chi connectivity index (χ2n) is 4.72. The predicted molar refractivity (Wildman–Crippen MR) is 79.2 cm³/mol. The second kappa shape index (κ2) is 6.84. The van der Waals surface area contributed by atoms with Gasteiger partial charge in [0.25, 0.3) is 0 Å². The van der Waals surface area contributed by atoms with E-state index in [1.165, 1.54) is 12.1 Å². The molecule has 0 amide bonds. The van der Waals surface area contributed by atoms with Crippen molar-refractivity contribution >= 4 is 11.6 Å². The molecule has 0 saturated heterocycles. The Bertz CT molecular complexity index is 559. The SMILES string of the molecule is C[C@H](NCC(O)c1ccc(F)cc1)c1ccccc1Cl. The van der Waals surface area contributed by atoms with E-state index in [0.717, 1.165) is 5.56 Å². The van der Waals surface area contributed by atoms with Gasteiger partial charge in [0.2, 0.25) is 0 Å². The first-order chi connectivity index (χ1) is 9.58. The third-order valence-corrected chi connectivity index (χ3v) is 3.59. The van der Waals surface area contributed by atoms with Crippen molar-refractivity contribution in [2.45, 2.75) is 19.1 Å². The summed E-state index contributed by atoms with van der Waals surface area (Å²) in [6.07, 6.45) is -0.680. The minimum Gasteiger partial charge on any atom is -0.387 e. The van der Waals surface area contributed by atoms with E-state index in [2.05, 4.69) is 5.32 Å². The third kappa shape index (κ3) is 3.79. The third-order valence-electron chi connectivity index (χ3n) is 3.24. The van der Waals surface area contributed by atoms with Crippen LogP contribution in [0.4, 0.5) is 4.39 Å². The number of nitrogens with one attached hydrogen (secondary N) is 1. The summed E-state index contributed by atoms with van der Waals surface area (Å²) in [5, 5.41) is 14.0. The van der Waals surface area contributed by atoms with Crippen molar-refractivity contribution < 1.29 is 9.50 Å². The Labute approximate surface area is 123 Å². The van der Waals surface area contributed by atoms with Crippen molar-refractivity contribution in [2.75, 3.05) is 6.54 Å². The Balaban J connectivity index is 1.95. The maximum atomic E-state index is 12.8. The molecule has 2 atom stereocenters. The highest BCUT2D eigenvalue weighted by molar-refractivity contribution is 6.31. The minimum atomic E-state index is -0.680. The van der Waals surface area contributed by atoms with Gasteiger partial charge in [-0.2, -0.15) is 0 Å². The summed E-state index contributed by atoms with van der Waals surface area (Å²) in [5.41, 5.74) is 1.67. The molecule has 4 heteroatoms. The van der Waals surface area contributed by atoms with Gasteiger partial charge in [0.05, 0.1) is 6.10 Å². The summed E-state index contributed by atoms with van der Waals surface area (Å²) in [4.78, 5) is 0. The molecule has 1 unspecified atom stereocenters. The van der Waals surface area contributed by atoms with Gasteiger partial charge in [-0.3, -0.25) is 0 Å². The molecule has 0 spiro atoms. The Morgan fingerprint density at radius 2 is 1.80 bits per heavy atom. The van der Waals surface area contributed by atoms with Crippen LogP contribution in [0.3, 0.4) is 0 Å². The number of hydrogen-bond donors (Lipinski definition) is 2. The lowest BCUT2D eigenvalue weighted by atomic mass is 10.1. The van der Waals surface area contributed by atoms with Gasteiger partial charge in [-0.05, 0) is 36.2 Å². The molecular weight excluding hydrogens is 277 g/mol. The van der Waals surface area contributed by atoms with Crippen molar-refractivity contribution in [3.8, 4) is 0 Å². The van der Waals surface area contributed by atoms with Crippen LogP contribution in [0.1, 0.15) is 30.2 Å². The average molecular weight is 294 g/mol. The van der Waals surface area contributed by atoms with Gasteiger partial charge >= 0.3 is 0 Å². The summed E-state index contributed by atoms with van der Waals surface area (Å²) >= 11 is 6.12. The zero-order chi connectivity index (χ0) is 14.5. The fourth-order valence-electron chi connectivity index (χ4n) is 2.03. The molecule has 0 aromatic heterocycles. The maximum Gasteiger partial charge on any atom is 0.123 e. The number of benzene rings is 2. The predicted octanol–water partition coefficient (Wildman–Crippen LogP) is 3.86. The van der Waals surface area contributed by atoms with Gasteiger partial charge in [0.1, 0.15) is 5.82 Å². The molecular formula is C16H17ClFNO. The number of hydrogen-bond acceptors (Lipinski definition) is 2. The van der Waals surface area contributed by atoms with Gasteiger partial charge in [0, 0.05) is 17.6 Å². The van der Waals surface area contributed by atoms with Gasteiger partial charge in [-0.15, -0.1) is 0 Å². The Morgan fingerprint density at radius 1 is 1.15 bits per heavy atom. The normalized spacial score (nSPS) is 14.0. The smallest absolute Gasteiger partial charge is 0.123 e. The molecule has 2 aromatic carbocycles. The summed E-state index contributed by atoms with van der Waals surface area (Å²) in [6.45, 7) is 2.36. The first-order valence-corrected chi connectivity index (χ1v) is 6.87. The van der Waals surface area contributed by atoms with Crippen molar-refractivity contribution in [1.82, 2.24) is 5.32 Å². The maximum absolute atomic E-state index is 12.8. The van der Waals surface area contributed by atoms with Crippen LogP contribution in [-0.4, -0.2) is 11.7 Å². The van der Waals surface area contributed by atoms with Crippen LogP contribution in [0.2, 0.25) is 5.02 Å². The van der Waals surface area contributed by atoms with Crippen LogP contribution in [0.5, 0.6) is 0 Å². The molecule has 2 rings (SSSR count). The Hall–Kier alpha value is -1.42. The fraction of sp³-hybridized carbons (Fsp3) is 0.250. The summed E-state index contributed by atoms with van der Waals surface area (Å²) in [7, 11) is 0. The Kier molecular flexibility index (Phi) is 5.12. The van der Waals surface area contributed by atoms with E-state index in [4.69, 9.17) is 11.6 Å². The first kappa shape index (κ1) is 15.0. The molecule has 2 N–H and O–H groups in total. The van der Waals surface area contributed by atoms with Gasteiger partial charge in [-0.1, -0.05) is 41.9 Å². The average Bonchev–Trinajstić information content (AvgIpc) is 2.45.